The molecule has 0 bridgehead atoms. The van der Waals surface area contributed by atoms with Gasteiger partial charge in [0.05, 0.1) is 18.3 Å². The maximum Gasteiger partial charge on any atom is 0.303 e. The minimum Gasteiger partial charge on any atom is -0.481 e. The van der Waals surface area contributed by atoms with E-state index in [1.807, 2.05) is 0 Å². The van der Waals surface area contributed by atoms with E-state index >= 15 is 0 Å². The van der Waals surface area contributed by atoms with Gasteiger partial charge in [-0.3, -0.25) is 4.79 Å². The summed E-state index contributed by atoms with van der Waals surface area (Å²) in [6.07, 6.45) is 1.22. The molecule has 19 heavy (non-hydrogen) atoms. The van der Waals surface area contributed by atoms with Gasteiger partial charge in [0.2, 0.25) is 0 Å². The lowest BCUT2D eigenvalue weighted by atomic mass is 10.2. The van der Waals surface area contributed by atoms with E-state index in [9.17, 15) is 18.0 Å². The molecule has 0 radical (unpaired) electrons. The van der Waals surface area contributed by atoms with Crippen molar-refractivity contribution in [1.29, 1.82) is 0 Å². The van der Waals surface area contributed by atoms with Crippen molar-refractivity contribution >= 4 is 5.97 Å². The lowest BCUT2D eigenvalue weighted by molar-refractivity contribution is -0.136. The number of hydrogen-bond donors (Lipinski definition) is 1. The normalized spacial score (nSPS) is 10.7. The molecule has 0 amide bonds. The van der Waals surface area contributed by atoms with Crippen LogP contribution in [0.3, 0.4) is 0 Å². The van der Waals surface area contributed by atoms with Gasteiger partial charge in [0.1, 0.15) is 5.69 Å². The first-order chi connectivity index (χ1) is 8.97. The standard InChI is InChI=1S/C11H8F3N3O2/c12-7-3-9(14)10(4-8(7)13)17-5-6(15-16-17)1-2-11(18)19/h3-5H,1-2H2,(H,18,19). The fourth-order valence-corrected chi connectivity index (χ4v) is 1.45. The molecule has 0 fully saturated rings. The number of carboxylic acids is 1. The molecule has 8 heteroatoms. The van der Waals surface area contributed by atoms with Crippen molar-refractivity contribution < 1.29 is 23.1 Å². The zero-order chi connectivity index (χ0) is 14.0. The monoisotopic (exact) mass is 271 g/mol. The van der Waals surface area contributed by atoms with Crippen molar-refractivity contribution in [2.75, 3.05) is 0 Å². The third-order valence-corrected chi connectivity index (χ3v) is 2.37. The molecule has 0 aliphatic carbocycles. The Bertz CT molecular complexity index is 628. The number of hydrogen-bond acceptors (Lipinski definition) is 3. The average Bonchev–Trinajstić information content (AvgIpc) is 2.80. The molecule has 5 nitrogen and oxygen atoms in total. The van der Waals surface area contributed by atoms with Gasteiger partial charge in [0, 0.05) is 18.6 Å². The summed E-state index contributed by atoms with van der Waals surface area (Å²) in [5.74, 6) is -4.51. The summed E-state index contributed by atoms with van der Waals surface area (Å²) in [5.41, 5.74) is 0.0134. The molecule has 2 rings (SSSR count). The van der Waals surface area contributed by atoms with Gasteiger partial charge in [0.15, 0.2) is 17.5 Å². The highest BCUT2D eigenvalue weighted by molar-refractivity contribution is 5.66. The van der Waals surface area contributed by atoms with Crippen LogP contribution in [0.25, 0.3) is 5.69 Å². The van der Waals surface area contributed by atoms with Crippen molar-refractivity contribution in [3.8, 4) is 5.69 Å². The van der Waals surface area contributed by atoms with Gasteiger partial charge < -0.3 is 5.11 Å². The van der Waals surface area contributed by atoms with Crippen LogP contribution >= 0.6 is 0 Å². The van der Waals surface area contributed by atoms with E-state index in [-0.39, 0.29) is 18.5 Å². The average molecular weight is 271 g/mol. The quantitative estimate of drug-likeness (QED) is 0.859. The van der Waals surface area contributed by atoms with Crippen LogP contribution in [-0.4, -0.2) is 26.1 Å². The van der Waals surface area contributed by atoms with Gasteiger partial charge in [-0.05, 0) is 0 Å². The van der Waals surface area contributed by atoms with Crippen LogP contribution in [0.1, 0.15) is 12.1 Å². The Morgan fingerprint density at radius 3 is 2.58 bits per heavy atom. The Labute approximate surface area is 105 Å². The molecule has 1 aromatic heterocycles. The summed E-state index contributed by atoms with van der Waals surface area (Å²) in [5, 5.41) is 15.7. The summed E-state index contributed by atoms with van der Waals surface area (Å²) in [4.78, 5) is 10.4. The summed E-state index contributed by atoms with van der Waals surface area (Å²) in [7, 11) is 0. The van der Waals surface area contributed by atoms with Crippen molar-refractivity contribution in [2.24, 2.45) is 0 Å². The second kappa shape index (κ2) is 5.09. The Kier molecular flexibility index (Phi) is 3.50. The molecule has 1 heterocycles. The second-order valence-corrected chi connectivity index (χ2v) is 3.77. The molecule has 0 spiro atoms. The Hall–Kier alpha value is -2.38. The lowest BCUT2D eigenvalue weighted by Crippen LogP contribution is -2.01. The van der Waals surface area contributed by atoms with E-state index in [1.165, 1.54) is 6.20 Å². The molecular formula is C11H8F3N3O2. The van der Waals surface area contributed by atoms with Gasteiger partial charge in [0.25, 0.3) is 0 Å². The molecule has 1 aromatic carbocycles. The van der Waals surface area contributed by atoms with Crippen LogP contribution in [0, 0.1) is 17.5 Å². The first-order valence-corrected chi connectivity index (χ1v) is 5.25. The second-order valence-electron chi connectivity index (χ2n) is 3.77. The number of aromatic nitrogens is 3. The number of halogens is 3. The molecule has 1 N–H and O–H groups in total. The van der Waals surface area contributed by atoms with Crippen LogP contribution in [0.5, 0.6) is 0 Å². The molecule has 0 saturated carbocycles. The van der Waals surface area contributed by atoms with Gasteiger partial charge in [-0.15, -0.1) is 5.10 Å². The summed E-state index contributed by atoms with van der Waals surface area (Å²) >= 11 is 0. The van der Waals surface area contributed by atoms with Crippen molar-refractivity contribution in [3.05, 3.63) is 41.5 Å². The van der Waals surface area contributed by atoms with E-state index in [0.717, 1.165) is 4.68 Å². The highest BCUT2D eigenvalue weighted by atomic mass is 19.2. The third kappa shape index (κ3) is 2.90. The maximum absolute atomic E-state index is 13.5. The van der Waals surface area contributed by atoms with Gasteiger partial charge in [-0.25, -0.2) is 17.9 Å². The molecule has 0 aliphatic rings. The van der Waals surface area contributed by atoms with E-state index in [0.29, 0.717) is 17.8 Å². The SMILES string of the molecule is O=C(O)CCc1cn(-c2cc(F)c(F)cc2F)nn1. The molecule has 100 valence electrons. The van der Waals surface area contributed by atoms with E-state index in [1.54, 1.807) is 0 Å². The van der Waals surface area contributed by atoms with Crippen LogP contribution < -0.4 is 0 Å². The van der Waals surface area contributed by atoms with Crippen molar-refractivity contribution in [1.82, 2.24) is 15.0 Å². The largest absolute Gasteiger partial charge is 0.481 e. The topological polar surface area (TPSA) is 68.0 Å². The molecular weight excluding hydrogens is 263 g/mol. The van der Waals surface area contributed by atoms with Crippen LogP contribution in [-0.2, 0) is 11.2 Å². The molecule has 0 aliphatic heterocycles. The first-order valence-electron chi connectivity index (χ1n) is 5.25. The zero-order valence-corrected chi connectivity index (χ0v) is 9.48. The predicted octanol–water partition coefficient (Wildman–Crippen LogP) is 1.70. The Morgan fingerprint density at radius 2 is 1.89 bits per heavy atom. The Balaban J connectivity index is 2.27. The highest BCUT2D eigenvalue weighted by Gasteiger charge is 2.13. The molecule has 0 saturated heterocycles. The molecule has 0 atom stereocenters. The van der Waals surface area contributed by atoms with Gasteiger partial charge in [-0.1, -0.05) is 5.21 Å². The number of nitrogens with zero attached hydrogens (tertiary/aromatic N) is 3. The van der Waals surface area contributed by atoms with E-state index in [2.05, 4.69) is 10.3 Å². The van der Waals surface area contributed by atoms with Crippen LogP contribution in [0.2, 0.25) is 0 Å². The van der Waals surface area contributed by atoms with Crippen molar-refractivity contribution in [2.45, 2.75) is 12.8 Å². The minimum atomic E-state index is -1.30. The van der Waals surface area contributed by atoms with Gasteiger partial charge in [-0.2, -0.15) is 0 Å². The Morgan fingerprint density at radius 1 is 1.21 bits per heavy atom. The van der Waals surface area contributed by atoms with Crippen LogP contribution in [0.4, 0.5) is 13.2 Å². The number of rotatable bonds is 4. The summed E-state index contributed by atoms with van der Waals surface area (Å²) in [6, 6.07) is 1.06. The number of carboxylic acid groups (broad SMARTS) is 1. The zero-order valence-electron chi connectivity index (χ0n) is 9.48. The predicted molar refractivity (Wildman–Crippen MR) is 57.2 cm³/mol. The minimum absolute atomic E-state index is 0.112. The number of benzene rings is 1. The molecule has 0 unspecified atom stereocenters. The van der Waals surface area contributed by atoms with Crippen LogP contribution in [0.15, 0.2) is 18.3 Å². The lowest BCUT2D eigenvalue weighted by Gasteiger charge is -2.02. The summed E-state index contributed by atoms with van der Waals surface area (Å²) in [6.45, 7) is 0. The van der Waals surface area contributed by atoms with E-state index < -0.39 is 23.4 Å². The third-order valence-electron chi connectivity index (χ3n) is 2.37. The first kappa shape index (κ1) is 13.1. The van der Waals surface area contributed by atoms with Gasteiger partial charge >= 0.3 is 5.97 Å². The smallest absolute Gasteiger partial charge is 0.303 e. The molecule has 2 aromatic rings. The maximum atomic E-state index is 13.5. The van der Waals surface area contributed by atoms with E-state index in [4.69, 9.17) is 5.11 Å². The number of carbonyl (C=O) groups is 1. The highest BCUT2D eigenvalue weighted by Crippen LogP contribution is 2.17. The number of aliphatic carboxylic acids is 1. The fraction of sp³-hybridized carbons (Fsp3) is 0.182. The van der Waals surface area contributed by atoms with Crippen molar-refractivity contribution in [3.63, 3.8) is 0 Å². The fourth-order valence-electron chi connectivity index (χ4n) is 1.45. The number of aryl methyl sites for hydroxylation is 1. The summed E-state index contributed by atoms with van der Waals surface area (Å²) < 4.78 is 40.2.